The van der Waals surface area contributed by atoms with Crippen LogP contribution in [0.2, 0.25) is 0 Å². The Hall–Kier alpha value is -0.410. The Labute approximate surface area is 73.9 Å². The second-order valence-corrected chi connectivity index (χ2v) is 3.69. The lowest BCUT2D eigenvalue weighted by Gasteiger charge is -2.11. The molecule has 0 aliphatic carbocycles. The fourth-order valence-electron chi connectivity index (χ4n) is 1.28. The van der Waals surface area contributed by atoms with Crippen LogP contribution >= 0.6 is 0 Å². The fourth-order valence-corrected chi connectivity index (χ4v) is 1.28. The Morgan fingerprint density at radius 2 is 2.42 bits per heavy atom. The molecule has 1 rings (SSSR count). The van der Waals surface area contributed by atoms with E-state index in [9.17, 15) is 4.79 Å². The third-order valence-corrected chi connectivity index (χ3v) is 2.27. The molecule has 1 saturated heterocycles. The summed E-state index contributed by atoms with van der Waals surface area (Å²) in [5, 5.41) is 6.50. The van der Waals surface area contributed by atoms with E-state index in [2.05, 4.69) is 10.6 Å². The van der Waals surface area contributed by atoms with Gasteiger partial charge in [-0.3, -0.25) is 4.79 Å². The van der Waals surface area contributed by atoms with Crippen molar-refractivity contribution in [3.05, 3.63) is 0 Å². The van der Waals surface area contributed by atoms with Crippen LogP contribution < -0.4 is 10.6 Å². The molecule has 0 saturated carbocycles. The van der Waals surface area contributed by atoms with Gasteiger partial charge < -0.3 is 10.6 Å². The zero-order valence-corrected chi connectivity index (χ0v) is 7.89. The van der Waals surface area contributed by atoms with Gasteiger partial charge in [0.2, 0.25) is 0 Å². The van der Waals surface area contributed by atoms with Gasteiger partial charge in [-0.1, -0.05) is 13.8 Å². The number of Topliss-reactive ketones (excluding diaryl/α,β-unsaturated/α-hetero) is 1. The third-order valence-electron chi connectivity index (χ3n) is 2.27. The van der Waals surface area contributed by atoms with E-state index in [1.165, 1.54) is 0 Å². The Morgan fingerprint density at radius 1 is 1.67 bits per heavy atom. The zero-order chi connectivity index (χ0) is 8.97. The number of hydrogen-bond donors (Lipinski definition) is 2. The van der Waals surface area contributed by atoms with Gasteiger partial charge in [0, 0.05) is 18.5 Å². The average molecular weight is 170 g/mol. The maximum Gasteiger partial charge on any atom is 0.149 e. The highest BCUT2D eigenvalue weighted by Crippen LogP contribution is 1.98. The first-order chi connectivity index (χ1) is 5.70. The number of rotatable bonds is 4. The first kappa shape index (κ1) is 9.68. The van der Waals surface area contributed by atoms with Crippen molar-refractivity contribution in [2.24, 2.45) is 5.92 Å². The third kappa shape index (κ3) is 2.91. The summed E-state index contributed by atoms with van der Waals surface area (Å²) in [6.45, 7) is 6.50. The molecule has 0 aromatic rings. The highest BCUT2D eigenvalue weighted by molar-refractivity contribution is 5.82. The number of ketones is 1. The second-order valence-electron chi connectivity index (χ2n) is 3.69. The maximum absolute atomic E-state index is 11.2. The largest absolute Gasteiger partial charge is 0.315 e. The lowest BCUT2D eigenvalue weighted by molar-refractivity contribution is -0.121. The smallest absolute Gasteiger partial charge is 0.149 e. The van der Waals surface area contributed by atoms with Crippen LogP contribution in [-0.4, -0.2) is 31.5 Å². The summed E-state index contributed by atoms with van der Waals surface area (Å²) in [5.41, 5.74) is 0. The van der Waals surface area contributed by atoms with E-state index in [-0.39, 0.29) is 5.92 Å². The predicted octanol–water partition coefficient (Wildman–Crippen LogP) is 0.163. The van der Waals surface area contributed by atoms with E-state index in [0.29, 0.717) is 18.4 Å². The second kappa shape index (κ2) is 4.58. The standard InChI is InChI=1S/C9H18N2O/c1-7(2)9(12)6-11-8-3-4-10-5-8/h7-8,10-11H,3-6H2,1-2H3. The molecule has 1 fully saturated rings. The molecule has 0 aromatic carbocycles. The minimum Gasteiger partial charge on any atom is -0.315 e. The van der Waals surface area contributed by atoms with Gasteiger partial charge in [-0.15, -0.1) is 0 Å². The monoisotopic (exact) mass is 170 g/mol. The number of carbonyl (C=O) groups is 1. The Kier molecular flexibility index (Phi) is 3.69. The molecule has 3 nitrogen and oxygen atoms in total. The number of carbonyl (C=O) groups excluding carboxylic acids is 1. The Morgan fingerprint density at radius 3 is 2.92 bits per heavy atom. The SMILES string of the molecule is CC(C)C(=O)CNC1CCNC1. The molecule has 12 heavy (non-hydrogen) atoms. The van der Waals surface area contributed by atoms with Crippen molar-refractivity contribution in [1.82, 2.24) is 10.6 Å². The van der Waals surface area contributed by atoms with Crippen LogP contribution in [0.5, 0.6) is 0 Å². The molecule has 1 heterocycles. The summed E-state index contributed by atoms with van der Waals surface area (Å²) in [5.74, 6) is 0.466. The number of hydrogen-bond acceptors (Lipinski definition) is 3. The summed E-state index contributed by atoms with van der Waals surface area (Å²) >= 11 is 0. The normalized spacial score (nSPS) is 23.4. The molecule has 0 radical (unpaired) electrons. The van der Waals surface area contributed by atoms with Gasteiger partial charge in [-0.05, 0) is 13.0 Å². The molecule has 70 valence electrons. The molecule has 1 atom stereocenters. The molecule has 0 spiro atoms. The van der Waals surface area contributed by atoms with Gasteiger partial charge >= 0.3 is 0 Å². The van der Waals surface area contributed by atoms with Crippen LogP contribution in [0.3, 0.4) is 0 Å². The van der Waals surface area contributed by atoms with Crippen LogP contribution in [0, 0.1) is 5.92 Å². The zero-order valence-electron chi connectivity index (χ0n) is 7.89. The van der Waals surface area contributed by atoms with E-state index in [1.54, 1.807) is 0 Å². The first-order valence-corrected chi connectivity index (χ1v) is 4.67. The van der Waals surface area contributed by atoms with Crippen molar-refractivity contribution >= 4 is 5.78 Å². The molecule has 2 N–H and O–H groups in total. The summed E-state index contributed by atoms with van der Waals surface area (Å²) < 4.78 is 0. The molecular weight excluding hydrogens is 152 g/mol. The quantitative estimate of drug-likeness (QED) is 0.631. The molecule has 1 aliphatic heterocycles. The van der Waals surface area contributed by atoms with Gasteiger partial charge in [-0.2, -0.15) is 0 Å². The van der Waals surface area contributed by atoms with Crippen molar-refractivity contribution in [2.45, 2.75) is 26.3 Å². The Balaban J connectivity index is 2.12. The van der Waals surface area contributed by atoms with Gasteiger partial charge in [0.1, 0.15) is 5.78 Å². The van der Waals surface area contributed by atoms with Crippen LogP contribution in [0.4, 0.5) is 0 Å². The van der Waals surface area contributed by atoms with E-state index in [4.69, 9.17) is 0 Å². The van der Waals surface area contributed by atoms with E-state index in [0.717, 1.165) is 19.5 Å². The summed E-state index contributed by atoms with van der Waals surface area (Å²) in [6.07, 6.45) is 1.14. The molecule has 0 amide bonds. The molecule has 0 aromatic heterocycles. The molecule has 3 heteroatoms. The van der Waals surface area contributed by atoms with E-state index in [1.807, 2.05) is 13.8 Å². The fraction of sp³-hybridized carbons (Fsp3) is 0.889. The highest BCUT2D eigenvalue weighted by Gasteiger charge is 2.15. The Bertz CT molecular complexity index is 151. The van der Waals surface area contributed by atoms with Crippen LogP contribution in [-0.2, 0) is 4.79 Å². The van der Waals surface area contributed by atoms with Crippen molar-refractivity contribution < 1.29 is 4.79 Å². The molecule has 0 bridgehead atoms. The van der Waals surface area contributed by atoms with Crippen LogP contribution in [0.1, 0.15) is 20.3 Å². The van der Waals surface area contributed by atoms with Gasteiger partial charge in [0.05, 0.1) is 6.54 Å². The van der Waals surface area contributed by atoms with Crippen molar-refractivity contribution in [3.8, 4) is 0 Å². The summed E-state index contributed by atoms with van der Waals surface area (Å²) in [6, 6.07) is 0.507. The van der Waals surface area contributed by atoms with Crippen LogP contribution in [0.25, 0.3) is 0 Å². The molecule has 1 aliphatic rings. The summed E-state index contributed by atoms with van der Waals surface area (Å²) in [4.78, 5) is 11.2. The lowest BCUT2D eigenvalue weighted by atomic mass is 10.1. The molecule has 1 unspecified atom stereocenters. The maximum atomic E-state index is 11.2. The van der Waals surface area contributed by atoms with E-state index < -0.39 is 0 Å². The lowest BCUT2D eigenvalue weighted by Crippen LogP contribution is -2.36. The highest BCUT2D eigenvalue weighted by atomic mass is 16.1. The van der Waals surface area contributed by atoms with Gasteiger partial charge in [0.25, 0.3) is 0 Å². The van der Waals surface area contributed by atoms with Gasteiger partial charge in [-0.25, -0.2) is 0 Å². The predicted molar refractivity (Wildman–Crippen MR) is 49.1 cm³/mol. The van der Waals surface area contributed by atoms with Crippen molar-refractivity contribution in [2.75, 3.05) is 19.6 Å². The minimum absolute atomic E-state index is 0.159. The topological polar surface area (TPSA) is 41.1 Å². The number of nitrogens with one attached hydrogen (secondary N) is 2. The average Bonchev–Trinajstić information content (AvgIpc) is 2.51. The van der Waals surface area contributed by atoms with E-state index >= 15 is 0 Å². The van der Waals surface area contributed by atoms with Crippen molar-refractivity contribution in [1.29, 1.82) is 0 Å². The van der Waals surface area contributed by atoms with Crippen LogP contribution in [0.15, 0.2) is 0 Å². The minimum atomic E-state index is 0.159. The van der Waals surface area contributed by atoms with Gasteiger partial charge in [0.15, 0.2) is 0 Å². The first-order valence-electron chi connectivity index (χ1n) is 4.67. The summed E-state index contributed by atoms with van der Waals surface area (Å²) in [7, 11) is 0. The van der Waals surface area contributed by atoms with Crippen molar-refractivity contribution in [3.63, 3.8) is 0 Å². The molecular formula is C9H18N2O.